The third-order valence-corrected chi connectivity index (χ3v) is 6.07. The van der Waals surface area contributed by atoms with Gasteiger partial charge in [0.15, 0.2) is 0 Å². The van der Waals surface area contributed by atoms with Crippen molar-refractivity contribution in [3.63, 3.8) is 0 Å². The van der Waals surface area contributed by atoms with E-state index in [1.54, 1.807) is 32.0 Å². The van der Waals surface area contributed by atoms with Crippen molar-refractivity contribution in [2.24, 2.45) is 5.92 Å². The monoisotopic (exact) mass is 544 g/mol. The molecule has 0 N–H and O–H groups in total. The van der Waals surface area contributed by atoms with E-state index in [4.69, 9.17) is 16.9 Å². The summed E-state index contributed by atoms with van der Waals surface area (Å²) in [6.45, 7) is 11.5. The number of nitrogens with zero attached hydrogens (tertiary/aromatic N) is 2. The van der Waals surface area contributed by atoms with Crippen molar-refractivity contribution < 1.29 is 18.0 Å². The van der Waals surface area contributed by atoms with Crippen molar-refractivity contribution in [3.8, 4) is 6.07 Å². The number of benzene rings is 3. The molecule has 1 atom stereocenters. The van der Waals surface area contributed by atoms with Crippen molar-refractivity contribution in [1.29, 1.82) is 5.26 Å². The van der Waals surface area contributed by atoms with Crippen LogP contribution in [-0.2, 0) is 17.4 Å². The van der Waals surface area contributed by atoms with Gasteiger partial charge in [0.2, 0.25) is 5.91 Å². The van der Waals surface area contributed by atoms with E-state index in [2.05, 4.69) is 26.0 Å². The van der Waals surface area contributed by atoms with Crippen LogP contribution in [0.1, 0.15) is 55.0 Å². The molecule has 0 spiro atoms. The van der Waals surface area contributed by atoms with Gasteiger partial charge in [0.25, 0.3) is 0 Å². The highest BCUT2D eigenvalue weighted by Gasteiger charge is 2.32. The molecule has 1 amide bonds. The molecule has 3 aromatic carbocycles. The van der Waals surface area contributed by atoms with Crippen LogP contribution in [-0.4, -0.2) is 23.9 Å². The van der Waals surface area contributed by atoms with Crippen molar-refractivity contribution in [2.45, 2.75) is 53.6 Å². The van der Waals surface area contributed by atoms with Crippen LogP contribution in [0.25, 0.3) is 0 Å². The van der Waals surface area contributed by atoms with Gasteiger partial charge in [-0.15, -0.1) is 0 Å². The van der Waals surface area contributed by atoms with Gasteiger partial charge in [-0.2, -0.15) is 18.4 Å². The number of aryl methyl sites for hydroxylation is 3. The van der Waals surface area contributed by atoms with E-state index in [9.17, 15) is 18.0 Å². The molecule has 1 saturated heterocycles. The van der Waals surface area contributed by atoms with Gasteiger partial charge in [0, 0.05) is 20.0 Å². The largest absolute Gasteiger partial charge is 0.416 e. The van der Waals surface area contributed by atoms with E-state index in [0.717, 1.165) is 24.7 Å². The highest BCUT2D eigenvalue weighted by Crippen LogP contribution is 2.31. The molecule has 204 valence electrons. The van der Waals surface area contributed by atoms with Crippen LogP contribution in [0.3, 0.4) is 0 Å². The van der Waals surface area contributed by atoms with Crippen molar-refractivity contribution in [2.75, 3.05) is 13.1 Å². The number of hydrogen-bond acceptors (Lipinski definition) is 2. The van der Waals surface area contributed by atoms with Crippen molar-refractivity contribution in [1.82, 2.24) is 4.90 Å². The second kappa shape index (κ2) is 16.5. The van der Waals surface area contributed by atoms with Crippen LogP contribution >= 0.6 is 11.6 Å². The zero-order chi connectivity index (χ0) is 28.7. The number of alkyl halides is 3. The Bertz CT molecular complexity index is 1170. The lowest BCUT2D eigenvalue weighted by molar-refractivity contribution is -0.138. The van der Waals surface area contributed by atoms with Gasteiger partial charge in [0.05, 0.1) is 16.1 Å². The van der Waals surface area contributed by atoms with Gasteiger partial charge in [-0.1, -0.05) is 85.6 Å². The normalized spacial score (nSPS) is 14.0. The Hall–Kier alpha value is -3.30. The second-order valence-corrected chi connectivity index (χ2v) is 9.52. The summed E-state index contributed by atoms with van der Waals surface area (Å²) in [5.41, 5.74) is 2.76. The quantitative estimate of drug-likeness (QED) is 0.307. The van der Waals surface area contributed by atoms with Crippen LogP contribution in [0.15, 0.2) is 72.8 Å². The number of nitriles is 1. The lowest BCUT2D eigenvalue weighted by Crippen LogP contribution is -2.25. The Morgan fingerprint density at radius 3 is 2.00 bits per heavy atom. The fourth-order valence-electron chi connectivity index (χ4n) is 3.57. The van der Waals surface area contributed by atoms with Crippen molar-refractivity contribution >= 4 is 17.5 Å². The van der Waals surface area contributed by atoms with E-state index >= 15 is 0 Å². The summed E-state index contributed by atoms with van der Waals surface area (Å²) in [5, 5.41) is 9.00. The molecule has 1 aliphatic rings. The number of carbonyl (C=O) groups excluding carboxylic acids is 1. The summed E-state index contributed by atoms with van der Waals surface area (Å²) in [6.07, 6.45) is -2.62. The van der Waals surface area contributed by atoms with Crippen molar-refractivity contribution in [3.05, 3.63) is 106 Å². The number of carbonyl (C=O) groups is 1. The molecule has 38 heavy (non-hydrogen) atoms. The minimum absolute atomic E-state index is 0.222. The zero-order valence-corrected chi connectivity index (χ0v) is 23.4. The number of hydrogen-bond donors (Lipinski definition) is 0. The molecule has 0 aliphatic carbocycles. The molecule has 1 fully saturated rings. The van der Waals surface area contributed by atoms with Gasteiger partial charge >= 0.3 is 6.18 Å². The average Bonchev–Trinajstić information content (AvgIpc) is 3.32. The van der Waals surface area contributed by atoms with Crippen LogP contribution in [0.4, 0.5) is 13.2 Å². The Labute approximate surface area is 229 Å². The fourth-order valence-corrected chi connectivity index (χ4v) is 3.85. The van der Waals surface area contributed by atoms with E-state index in [1.807, 2.05) is 42.2 Å². The standard InChI is InChI=1S/C9H9F3.C8H6ClN.C7H13NO.C7H8/c1-2-7-5-3-4-6-8(7)9(10,11)12;1-6-2-3-7(5-10)8(9)4-6;1-6-3-4-8(5-6)7(2)9;1-7-5-3-2-4-6-7/h3-6H,2H2,1H3;2-4H,1H3;6H,3-5H2,1-2H3;2-6H,1H3. The summed E-state index contributed by atoms with van der Waals surface area (Å²) < 4.78 is 36.7. The maximum absolute atomic E-state index is 12.2. The number of rotatable bonds is 1. The summed E-state index contributed by atoms with van der Waals surface area (Å²) >= 11 is 5.71. The Balaban J connectivity index is 0.000000257. The highest BCUT2D eigenvalue weighted by molar-refractivity contribution is 6.31. The Kier molecular flexibility index (Phi) is 14.2. The summed E-state index contributed by atoms with van der Waals surface area (Å²) in [6, 6.07) is 23.3. The van der Waals surface area contributed by atoms with Gasteiger partial charge in [-0.05, 0) is 61.9 Å². The first-order chi connectivity index (χ1) is 17.9. The molecule has 0 radical (unpaired) electrons. The fraction of sp³-hybridized carbons (Fsp3) is 0.355. The van der Waals surface area contributed by atoms with E-state index in [1.165, 1.54) is 24.1 Å². The second-order valence-electron chi connectivity index (χ2n) is 9.12. The van der Waals surface area contributed by atoms with Gasteiger partial charge in [-0.3, -0.25) is 4.79 Å². The van der Waals surface area contributed by atoms with E-state index < -0.39 is 11.7 Å². The summed E-state index contributed by atoms with van der Waals surface area (Å²) in [7, 11) is 0. The minimum atomic E-state index is -4.22. The third-order valence-electron chi connectivity index (χ3n) is 5.76. The van der Waals surface area contributed by atoms with Gasteiger partial charge < -0.3 is 4.90 Å². The first-order valence-corrected chi connectivity index (χ1v) is 12.8. The minimum Gasteiger partial charge on any atom is -0.343 e. The number of amides is 1. The number of likely N-dealkylation sites (tertiary alicyclic amines) is 1. The van der Waals surface area contributed by atoms with Crippen LogP contribution in [0.2, 0.25) is 5.02 Å². The third kappa shape index (κ3) is 12.3. The maximum Gasteiger partial charge on any atom is 0.416 e. The van der Waals surface area contributed by atoms with Crippen LogP contribution in [0.5, 0.6) is 0 Å². The zero-order valence-electron chi connectivity index (χ0n) is 22.6. The predicted molar refractivity (Wildman–Crippen MR) is 149 cm³/mol. The highest BCUT2D eigenvalue weighted by atomic mass is 35.5. The Morgan fingerprint density at radius 1 is 1.03 bits per heavy atom. The molecule has 0 saturated carbocycles. The molecule has 1 aliphatic heterocycles. The summed E-state index contributed by atoms with van der Waals surface area (Å²) in [4.78, 5) is 12.6. The van der Waals surface area contributed by atoms with E-state index in [-0.39, 0.29) is 5.91 Å². The first-order valence-electron chi connectivity index (χ1n) is 12.5. The molecular formula is C31H36ClF3N2O. The molecule has 4 rings (SSSR count). The van der Waals surface area contributed by atoms with Gasteiger partial charge in [-0.25, -0.2) is 0 Å². The molecule has 0 bridgehead atoms. The first kappa shape index (κ1) is 32.7. The number of halogens is 4. The lowest BCUT2D eigenvalue weighted by Gasteiger charge is -2.11. The topological polar surface area (TPSA) is 44.1 Å². The molecule has 3 aromatic rings. The predicted octanol–water partition coefficient (Wildman–Crippen LogP) is 8.66. The summed E-state index contributed by atoms with van der Waals surface area (Å²) in [5.74, 6) is 0.938. The smallest absolute Gasteiger partial charge is 0.343 e. The maximum atomic E-state index is 12.2. The van der Waals surface area contributed by atoms with Gasteiger partial charge in [0.1, 0.15) is 6.07 Å². The Morgan fingerprint density at radius 2 is 1.63 bits per heavy atom. The van der Waals surface area contributed by atoms with Crippen LogP contribution < -0.4 is 0 Å². The van der Waals surface area contributed by atoms with Crippen LogP contribution in [0, 0.1) is 31.1 Å². The molecule has 1 heterocycles. The molecular weight excluding hydrogens is 509 g/mol. The lowest BCUT2D eigenvalue weighted by atomic mass is 10.1. The SMILES string of the molecule is CC(=O)N1CCC(C)C1.CCc1ccccc1C(F)(F)F.Cc1ccc(C#N)c(Cl)c1.Cc1ccccc1. The molecule has 7 heteroatoms. The van der Waals surface area contributed by atoms with E-state index in [0.29, 0.717) is 28.5 Å². The molecule has 1 unspecified atom stereocenters. The molecule has 0 aromatic heterocycles. The molecule has 3 nitrogen and oxygen atoms in total. The average molecular weight is 545 g/mol.